The van der Waals surface area contributed by atoms with Gasteiger partial charge >= 0.3 is 0 Å². The van der Waals surface area contributed by atoms with E-state index >= 15 is 0 Å². The van der Waals surface area contributed by atoms with Crippen LogP contribution < -0.4 is 4.48 Å². The van der Waals surface area contributed by atoms with E-state index in [4.69, 9.17) is 0 Å². The SMILES string of the molecule is CCCCC[N+](CC)(c1ccccc1)c1ccccc1.[OH-]. The van der Waals surface area contributed by atoms with Crippen molar-refractivity contribution in [3.63, 3.8) is 0 Å². The molecule has 2 aromatic carbocycles. The van der Waals surface area contributed by atoms with Crippen LogP contribution in [0.15, 0.2) is 60.7 Å². The lowest BCUT2D eigenvalue weighted by molar-refractivity contribution is 0.386. The highest BCUT2D eigenvalue weighted by Gasteiger charge is 2.30. The minimum absolute atomic E-state index is 0. The number of hydrogen-bond acceptors (Lipinski definition) is 1. The lowest BCUT2D eigenvalue weighted by atomic mass is 10.1. The Balaban J connectivity index is 0.00000220. The van der Waals surface area contributed by atoms with Gasteiger partial charge < -0.3 is 5.48 Å². The van der Waals surface area contributed by atoms with E-state index in [0.29, 0.717) is 0 Å². The van der Waals surface area contributed by atoms with E-state index in [1.165, 1.54) is 37.2 Å². The molecule has 0 amide bonds. The van der Waals surface area contributed by atoms with Gasteiger partial charge in [-0.05, 0) is 44.0 Å². The van der Waals surface area contributed by atoms with Crippen molar-refractivity contribution in [2.24, 2.45) is 0 Å². The highest BCUT2D eigenvalue weighted by molar-refractivity contribution is 5.58. The molecule has 2 aromatic rings. The van der Waals surface area contributed by atoms with Crippen molar-refractivity contribution in [1.82, 2.24) is 4.48 Å². The Kier molecular flexibility index (Phi) is 7.13. The Hall–Kier alpha value is -1.64. The summed E-state index contributed by atoms with van der Waals surface area (Å²) in [4.78, 5) is 0. The predicted octanol–water partition coefficient (Wildman–Crippen LogP) is 5.36. The zero-order valence-corrected chi connectivity index (χ0v) is 13.2. The molecule has 0 saturated carbocycles. The maximum absolute atomic E-state index is 2.30. The molecule has 0 saturated heterocycles. The smallest absolute Gasteiger partial charge is 0.137 e. The molecular formula is C19H27NO. The van der Waals surface area contributed by atoms with E-state index < -0.39 is 0 Å². The molecule has 2 rings (SSSR count). The van der Waals surface area contributed by atoms with E-state index in [1.54, 1.807) is 0 Å². The van der Waals surface area contributed by atoms with Crippen molar-refractivity contribution in [3.05, 3.63) is 60.7 Å². The van der Waals surface area contributed by atoms with Gasteiger partial charge in [0.25, 0.3) is 0 Å². The molecular weight excluding hydrogens is 258 g/mol. The maximum Gasteiger partial charge on any atom is 0.137 e. The lowest BCUT2D eigenvalue weighted by Crippen LogP contribution is -2.44. The molecule has 0 atom stereocenters. The summed E-state index contributed by atoms with van der Waals surface area (Å²) >= 11 is 0. The first-order valence-electron chi connectivity index (χ1n) is 7.82. The van der Waals surface area contributed by atoms with Crippen LogP contribution >= 0.6 is 0 Å². The van der Waals surface area contributed by atoms with E-state index in [0.717, 1.165) is 11.0 Å². The van der Waals surface area contributed by atoms with Crippen molar-refractivity contribution < 1.29 is 5.48 Å². The Morgan fingerprint density at radius 1 is 0.714 bits per heavy atom. The number of benzene rings is 2. The molecule has 0 aliphatic rings. The first-order chi connectivity index (χ1) is 9.83. The van der Waals surface area contributed by atoms with Gasteiger partial charge in [0, 0.05) is 0 Å². The normalized spacial score (nSPS) is 11.0. The van der Waals surface area contributed by atoms with Gasteiger partial charge in [0.1, 0.15) is 11.4 Å². The monoisotopic (exact) mass is 285 g/mol. The van der Waals surface area contributed by atoms with Crippen LogP contribution in [-0.4, -0.2) is 18.6 Å². The summed E-state index contributed by atoms with van der Waals surface area (Å²) in [5.41, 5.74) is 2.80. The molecule has 0 fully saturated rings. The third kappa shape index (κ3) is 3.93. The molecule has 1 N–H and O–H groups in total. The average molecular weight is 285 g/mol. The van der Waals surface area contributed by atoms with E-state index in [-0.39, 0.29) is 5.48 Å². The summed E-state index contributed by atoms with van der Waals surface area (Å²) in [5.74, 6) is 0. The van der Waals surface area contributed by atoms with Crippen LogP contribution in [0.2, 0.25) is 0 Å². The average Bonchev–Trinajstić information content (AvgIpc) is 2.54. The van der Waals surface area contributed by atoms with Gasteiger partial charge in [0.15, 0.2) is 0 Å². The zero-order valence-electron chi connectivity index (χ0n) is 13.2. The van der Waals surface area contributed by atoms with Crippen LogP contribution in [0.25, 0.3) is 0 Å². The Bertz CT molecular complexity index is 456. The summed E-state index contributed by atoms with van der Waals surface area (Å²) < 4.78 is 0.960. The third-order valence-corrected chi connectivity index (χ3v) is 4.18. The second-order valence-electron chi connectivity index (χ2n) is 5.39. The largest absolute Gasteiger partial charge is 0.870 e. The molecule has 0 spiro atoms. The van der Waals surface area contributed by atoms with Gasteiger partial charge in [-0.15, -0.1) is 0 Å². The Morgan fingerprint density at radius 3 is 1.57 bits per heavy atom. The van der Waals surface area contributed by atoms with Gasteiger partial charge in [-0.25, -0.2) is 0 Å². The minimum Gasteiger partial charge on any atom is -0.870 e. The fraction of sp³-hybridized carbons (Fsp3) is 0.368. The summed E-state index contributed by atoms with van der Waals surface area (Å²) in [5, 5.41) is 0. The predicted molar refractivity (Wildman–Crippen MR) is 91.2 cm³/mol. The van der Waals surface area contributed by atoms with Crippen molar-refractivity contribution >= 4 is 11.4 Å². The third-order valence-electron chi connectivity index (χ3n) is 4.18. The first-order valence-corrected chi connectivity index (χ1v) is 7.82. The van der Waals surface area contributed by atoms with Crippen molar-refractivity contribution in [2.45, 2.75) is 33.1 Å². The summed E-state index contributed by atoms with van der Waals surface area (Å²) in [6.07, 6.45) is 3.85. The van der Waals surface area contributed by atoms with Gasteiger partial charge in [0.2, 0.25) is 0 Å². The molecule has 2 nitrogen and oxygen atoms in total. The number of nitrogens with zero attached hydrogens (tertiary/aromatic N) is 1. The molecule has 0 unspecified atom stereocenters. The highest BCUT2D eigenvalue weighted by Crippen LogP contribution is 2.34. The van der Waals surface area contributed by atoms with Gasteiger partial charge in [-0.3, -0.25) is 4.48 Å². The molecule has 21 heavy (non-hydrogen) atoms. The molecule has 0 aliphatic carbocycles. The van der Waals surface area contributed by atoms with Crippen molar-refractivity contribution in [2.75, 3.05) is 13.1 Å². The van der Waals surface area contributed by atoms with Crippen LogP contribution in [0, 0.1) is 0 Å². The molecule has 2 heteroatoms. The highest BCUT2D eigenvalue weighted by atomic mass is 16.0. The van der Waals surface area contributed by atoms with E-state index in [2.05, 4.69) is 74.5 Å². The van der Waals surface area contributed by atoms with Crippen molar-refractivity contribution in [1.29, 1.82) is 0 Å². The maximum atomic E-state index is 2.30. The number of unbranched alkanes of at least 4 members (excludes halogenated alkanes) is 2. The molecule has 0 heterocycles. The number of rotatable bonds is 7. The van der Waals surface area contributed by atoms with Gasteiger partial charge in [0.05, 0.1) is 13.1 Å². The molecule has 0 bridgehead atoms. The molecule has 0 aromatic heterocycles. The van der Waals surface area contributed by atoms with Crippen LogP contribution in [0.3, 0.4) is 0 Å². The first kappa shape index (κ1) is 17.4. The summed E-state index contributed by atoms with van der Waals surface area (Å²) in [6, 6.07) is 21.9. The number of quaternary nitrogens is 1. The van der Waals surface area contributed by atoms with Gasteiger partial charge in [-0.1, -0.05) is 49.7 Å². The van der Waals surface area contributed by atoms with Gasteiger partial charge in [-0.2, -0.15) is 0 Å². The Labute approximate surface area is 128 Å². The lowest BCUT2D eigenvalue weighted by Gasteiger charge is -2.37. The minimum atomic E-state index is 0. The van der Waals surface area contributed by atoms with Crippen molar-refractivity contribution in [3.8, 4) is 0 Å². The van der Waals surface area contributed by atoms with Crippen LogP contribution in [0.5, 0.6) is 0 Å². The molecule has 114 valence electrons. The van der Waals surface area contributed by atoms with Crippen LogP contribution in [-0.2, 0) is 0 Å². The number of para-hydroxylation sites is 2. The fourth-order valence-electron chi connectivity index (χ4n) is 2.99. The summed E-state index contributed by atoms with van der Waals surface area (Å²) in [7, 11) is 0. The molecule has 0 aliphatic heterocycles. The number of hydrogen-bond donors (Lipinski definition) is 0. The van der Waals surface area contributed by atoms with Crippen LogP contribution in [0.4, 0.5) is 11.4 Å². The Morgan fingerprint density at radius 2 is 1.19 bits per heavy atom. The summed E-state index contributed by atoms with van der Waals surface area (Å²) in [6.45, 7) is 6.84. The van der Waals surface area contributed by atoms with E-state index in [1.807, 2.05) is 0 Å². The standard InChI is InChI=1S/C19H26N.H2O/c1-3-5-12-17-20(4-2,18-13-8-6-9-14-18)19-15-10-7-11-16-19;/h6-11,13-16H,3-5,12,17H2,1-2H3;1H2/q+1;/p-1. The fourth-order valence-corrected chi connectivity index (χ4v) is 2.99. The van der Waals surface area contributed by atoms with E-state index in [9.17, 15) is 0 Å². The molecule has 0 radical (unpaired) electrons. The van der Waals surface area contributed by atoms with Crippen LogP contribution in [0.1, 0.15) is 33.1 Å². The second kappa shape index (κ2) is 8.60. The topological polar surface area (TPSA) is 30.0 Å². The quantitative estimate of drug-likeness (QED) is 0.497. The second-order valence-corrected chi connectivity index (χ2v) is 5.39. The zero-order chi connectivity index (χ0) is 14.3.